The molecule has 4 atom stereocenters. The van der Waals surface area contributed by atoms with E-state index in [1.807, 2.05) is 11.8 Å². The van der Waals surface area contributed by atoms with Crippen LogP contribution in [0.4, 0.5) is 0 Å². The van der Waals surface area contributed by atoms with Gasteiger partial charge in [-0.3, -0.25) is 9.59 Å². The van der Waals surface area contributed by atoms with Crippen LogP contribution in [0.15, 0.2) is 0 Å². The Balaban J connectivity index is 2.14. The Labute approximate surface area is 115 Å². The van der Waals surface area contributed by atoms with Crippen LogP contribution in [0.25, 0.3) is 0 Å². The van der Waals surface area contributed by atoms with Crippen LogP contribution in [-0.2, 0) is 9.59 Å². The topological polar surface area (TPSA) is 49.4 Å². The molecule has 1 N–H and O–H groups in total. The molecule has 4 heteroatoms. The zero-order valence-electron chi connectivity index (χ0n) is 12.3. The van der Waals surface area contributed by atoms with Gasteiger partial charge >= 0.3 is 0 Å². The first-order valence-corrected chi connectivity index (χ1v) is 7.68. The van der Waals surface area contributed by atoms with E-state index in [2.05, 4.69) is 19.2 Å². The van der Waals surface area contributed by atoms with Crippen LogP contribution >= 0.6 is 0 Å². The van der Waals surface area contributed by atoms with Gasteiger partial charge in [0.1, 0.15) is 6.04 Å². The molecule has 19 heavy (non-hydrogen) atoms. The maximum atomic E-state index is 12.6. The molecule has 0 bridgehead atoms. The second kappa shape index (κ2) is 5.93. The van der Waals surface area contributed by atoms with Crippen molar-refractivity contribution in [3.05, 3.63) is 0 Å². The molecule has 1 saturated carbocycles. The Morgan fingerprint density at radius 3 is 2.53 bits per heavy atom. The molecule has 0 aromatic heterocycles. The lowest BCUT2D eigenvalue weighted by Crippen LogP contribution is -2.49. The summed E-state index contributed by atoms with van der Waals surface area (Å²) in [4.78, 5) is 26.2. The lowest BCUT2D eigenvalue weighted by atomic mass is 9.92. The third-order valence-electron chi connectivity index (χ3n) is 5.01. The van der Waals surface area contributed by atoms with Crippen LogP contribution in [0.1, 0.15) is 52.9 Å². The van der Waals surface area contributed by atoms with Gasteiger partial charge in [0.25, 0.3) is 0 Å². The van der Waals surface area contributed by atoms with Gasteiger partial charge < -0.3 is 10.2 Å². The van der Waals surface area contributed by atoms with Gasteiger partial charge in [-0.05, 0) is 31.1 Å². The largest absolute Gasteiger partial charge is 0.344 e. The Morgan fingerprint density at radius 1 is 1.21 bits per heavy atom. The molecule has 1 saturated heterocycles. The highest BCUT2D eigenvalue weighted by Crippen LogP contribution is 2.37. The third-order valence-corrected chi connectivity index (χ3v) is 5.01. The van der Waals surface area contributed by atoms with Gasteiger partial charge in [-0.25, -0.2) is 0 Å². The lowest BCUT2D eigenvalue weighted by molar-refractivity contribution is -0.136. The quantitative estimate of drug-likeness (QED) is 0.848. The number of nitrogens with zero attached hydrogens (tertiary/aromatic N) is 1. The lowest BCUT2D eigenvalue weighted by Gasteiger charge is -2.33. The highest BCUT2D eigenvalue weighted by molar-refractivity contribution is 5.90. The zero-order chi connectivity index (χ0) is 14.0. The second-order valence-electron chi connectivity index (χ2n) is 5.98. The van der Waals surface area contributed by atoms with Crippen LogP contribution in [0.5, 0.6) is 0 Å². The van der Waals surface area contributed by atoms with E-state index in [4.69, 9.17) is 0 Å². The molecule has 2 amide bonds. The summed E-state index contributed by atoms with van der Waals surface area (Å²) in [5, 5.41) is 2.84. The van der Waals surface area contributed by atoms with Crippen LogP contribution < -0.4 is 5.32 Å². The first-order chi connectivity index (χ1) is 9.08. The SMILES string of the molecule is CCC1NC(=O)CCN(C2CCC(CC)C2C)C1=O. The van der Waals surface area contributed by atoms with Crippen molar-refractivity contribution in [3.63, 3.8) is 0 Å². The molecular formula is C15H26N2O2. The second-order valence-corrected chi connectivity index (χ2v) is 5.98. The summed E-state index contributed by atoms with van der Waals surface area (Å²) in [6.45, 7) is 7.04. The predicted octanol–water partition coefficient (Wildman–Crippen LogP) is 1.94. The van der Waals surface area contributed by atoms with Crippen LogP contribution in [-0.4, -0.2) is 35.3 Å². The number of hydrogen-bond donors (Lipinski definition) is 1. The molecule has 0 spiro atoms. The average Bonchev–Trinajstić information content (AvgIpc) is 2.70. The molecule has 1 heterocycles. The molecule has 2 aliphatic rings. The van der Waals surface area contributed by atoms with E-state index in [0.29, 0.717) is 31.3 Å². The number of carbonyl (C=O) groups is 2. The van der Waals surface area contributed by atoms with E-state index < -0.39 is 0 Å². The summed E-state index contributed by atoms with van der Waals surface area (Å²) in [5.74, 6) is 1.42. The van der Waals surface area contributed by atoms with Gasteiger partial charge in [-0.2, -0.15) is 0 Å². The van der Waals surface area contributed by atoms with Crippen molar-refractivity contribution in [2.45, 2.75) is 65.0 Å². The minimum atomic E-state index is -0.317. The number of amides is 2. The molecule has 0 aromatic rings. The van der Waals surface area contributed by atoms with Gasteiger partial charge in [0.15, 0.2) is 0 Å². The Hall–Kier alpha value is -1.06. The van der Waals surface area contributed by atoms with E-state index in [-0.39, 0.29) is 17.9 Å². The zero-order valence-corrected chi connectivity index (χ0v) is 12.3. The van der Waals surface area contributed by atoms with E-state index in [0.717, 1.165) is 12.3 Å². The summed E-state index contributed by atoms with van der Waals surface area (Å²) in [7, 11) is 0. The predicted molar refractivity (Wildman–Crippen MR) is 74.5 cm³/mol. The summed E-state index contributed by atoms with van der Waals surface area (Å²) in [6.07, 6.45) is 4.62. The van der Waals surface area contributed by atoms with E-state index in [1.54, 1.807) is 0 Å². The Morgan fingerprint density at radius 2 is 1.95 bits per heavy atom. The highest BCUT2D eigenvalue weighted by atomic mass is 16.2. The number of hydrogen-bond acceptors (Lipinski definition) is 2. The first-order valence-electron chi connectivity index (χ1n) is 7.68. The van der Waals surface area contributed by atoms with Crippen molar-refractivity contribution in [1.82, 2.24) is 10.2 Å². The molecule has 4 unspecified atom stereocenters. The average molecular weight is 266 g/mol. The fraction of sp³-hybridized carbons (Fsp3) is 0.867. The summed E-state index contributed by atoms with van der Waals surface area (Å²) < 4.78 is 0. The molecule has 2 rings (SSSR count). The normalized spacial score (nSPS) is 36.3. The monoisotopic (exact) mass is 266 g/mol. The standard InChI is InChI=1S/C15H26N2O2/c1-4-11-6-7-13(10(11)3)17-9-8-14(18)16-12(5-2)15(17)19/h10-13H,4-9H2,1-3H3,(H,16,18). The van der Waals surface area contributed by atoms with Crippen molar-refractivity contribution in [2.24, 2.45) is 11.8 Å². The van der Waals surface area contributed by atoms with Gasteiger partial charge in [-0.15, -0.1) is 0 Å². The number of nitrogens with one attached hydrogen (secondary N) is 1. The van der Waals surface area contributed by atoms with Crippen molar-refractivity contribution in [3.8, 4) is 0 Å². The molecule has 108 valence electrons. The summed E-state index contributed by atoms with van der Waals surface area (Å²) >= 11 is 0. The minimum Gasteiger partial charge on any atom is -0.344 e. The maximum absolute atomic E-state index is 12.6. The summed E-state index contributed by atoms with van der Waals surface area (Å²) in [5.41, 5.74) is 0. The Kier molecular flexibility index (Phi) is 4.48. The summed E-state index contributed by atoms with van der Waals surface area (Å²) in [6, 6.07) is 0.0158. The molecular weight excluding hydrogens is 240 g/mol. The highest BCUT2D eigenvalue weighted by Gasteiger charge is 2.40. The van der Waals surface area contributed by atoms with Crippen molar-refractivity contribution in [2.75, 3.05) is 6.54 Å². The molecule has 0 radical (unpaired) electrons. The van der Waals surface area contributed by atoms with E-state index in [1.165, 1.54) is 12.8 Å². The fourth-order valence-electron chi connectivity index (χ4n) is 3.71. The van der Waals surface area contributed by atoms with Gasteiger partial charge in [0.05, 0.1) is 0 Å². The number of rotatable bonds is 3. The van der Waals surface area contributed by atoms with Crippen LogP contribution in [0.3, 0.4) is 0 Å². The number of carbonyl (C=O) groups excluding carboxylic acids is 2. The first kappa shape index (κ1) is 14.4. The molecule has 2 fully saturated rings. The smallest absolute Gasteiger partial charge is 0.245 e. The molecule has 1 aliphatic heterocycles. The van der Waals surface area contributed by atoms with E-state index >= 15 is 0 Å². The van der Waals surface area contributed by atoms with Crippen LogP contribution in [0, 0.1) is 11.8 Å². The van der Waals surface area contributed by atoms with Crippen molar-refractivity contribution in [1.29, 1.82) is 0 Å². The minimum absolute atomic E-state index is 0.0143. The van der Waals surface area contributed by atoms with E-state index in [9.17, 15) is 9.59 Å². The van der Waals surface area contributed by atoms with Gasteiger partial charge in [0.2, 0.25) is 11.8 Å². The molecule has 1 aliphatic carbocycles. The van der Waals surface area contributed by atoms with Crippen molar-refractivity contribution >= 4 is 11.8 Å². The van der Waals surface area contributed by atoms with Gasteiger partial charge in [-0.1, -0.05) is 27.2 Å². The van der Waals surface area contributed by atoms with Crippen molar-refractivity contribution < 1.29 is 9.59 Å². The molecule has 4 nitrogen and oxygen atoms in total. The third kappa shape index (κ3) is 2.77. The Bertz CT molecular complexity index is 356. The maximum Gasteiger partial charge on any atom is 0.245 e. The van der Waals surface area contributed by atoms with Gasteiger partial charge in [0, 0.05) is 19.0 Å². The fourth-order valence-corrected chi connectivity index (χ4v) is 3.71. The molecule has 0 aromatic carbocycles. The van der Waals surface area contributed by atoms with Crippen LogP contribution in [0.2, 0.25) is 0 Å².